The largest absolute Gasteiger partial charge is 0.361 e. The van der Waals surface area contributed by atoms with E-state index in [4.69, 9.17) is 11.6 Å². The molecule has 0 unspecified atom stereocenters. The number of rotatable bonds is 8. The first-order valence-corrected chi connectivity index (χ1v) is 11.6. The summed E-state index contributed by atoms with van der Waals surface area (Å²) >= 11 is 6.17. The molecule has 0 spiro atoms. The Bertz CT molecular complexity index is 1090. The molecular formula is C26H30ClN3O. The third kappa shape index (κ3) is 5.20. The first-order valence-electron chi connectivity index (χ1n) is 11.2. The van der Waals surface area contributed by atoms with E-state index in [2.05, 4.69) is 34.4 Å². The normalized spacial score (nSPS) is 14.6. The number of halogens is 1. The van der Waals surface area contributed by atoms with Crippen LogP contribution in [0.15, 0.2) is 54.7 Å². The number of fused-ring (bicyclic) bond motifs is 1. The van der Waals surface area contributed by atoms with Crippen molar-refractivity contribution >= 4 is 39.7 Å². The first-order chi connectivity index (χ1) is 15.2. The number of hydrogen-bond acceptors (Lipinski definition) is 2. The lowest BCUT2D eigenvalue weighted by Gasteiger charge is -2.26. The van der Waals surface area contributed by atoms with E-state index in [1.165, 1.54) is 43.4 Å². The van der Waals surface area contributed by atoms with Crippen molar-refractivity contribution in [2.45, 2.75) is 39.0 Å². The Balaban J connectivity index is 1.47. The Kier molecular flexibility index (Phi) is 7.10. The molecule has 2 N–H and O–H groups in total. The standard InChI is InChI=1S/C26H30ClN3O/c1-2-3-4-7-14-30-15-12-19(13-16-30)23-18-28-25-11-10-20(17-22(23)25)29-26(31)21-8-5-6-9-24(21)27/h5-6,8-12,17-18,28H,2-4,7,13-16H2,1H3,(H,29,31). The van der Waals surface area contributed by atoms with Crippen molar-refractivity contribution in [1.82, 2.24) is 9.88 Å². The van der Waals surface area contributed by atoms with Gasteiger partial charge in [-0.15, -0.1) is 0 Å². The SMILES string of the molecule is CCCCCCN1CC=C(c2c[nH]c3ccc(NC(=O)c4ccccc4Cl)cc23)CC1. The molecule has 0 aliphatic carbocycles. The monoisotopic (exact) mass is 435 g/mol. The van der Waals surface area contributed by atoms with Crippen LogP contribution in [0.5, 0.6) is 0 Å². The highest BCUT2D eigenvalue weighted by molar-refractivity contribution is 6.34. The molecule has 2 heterocycles. The molecule has 3 aromatic rings. The number of anilines is 1. The van der Waals surface area contributed by atoms with Gasteiger partial charge in [-0.2, -0.15) is 0 Å². The third-order valence-electron chi connectivity index (χ3n) is 6.03. The molecule has 0 saturated heterocycles. The van der Waals surface area contributed by atoms with E-state index in [1.54, 1.807) is 12.1 Å². The van der Waals surface area contributed by atoms with Crippen LogP contribution in [0.1, 0.15) is 54.9 Å². The Morgan fingerprint density at radius 3 is 2.81 bits per heavy atom. The Hall–Kier alpha value is -2.56. The molecule has 1 aliphatic rings. The summed E-state index contributed by atoms with van der Waals surface area (Å²) < 4.78 is 0. The Morgan fingerprint density at radius 1 is 1.16 bits per heavy atom. The summed E-state index contributed by atoms with van der Waals surface area (Å²) in [5, 5.41) is 4.58. The molecule has 2 aromatic carbocycles. The zero-order valence-corrected chi connectivity index (χ0v) is 18.8. The molecule has 1 amide bonds. The van der Waals surface area contributed by atoms with Crippen molar-refractivity contribution < 1.29 is 4.79 Å². The summed E-state index contributed by atoms with van der Waals surface area (Å²) in [5.41, 5.74) is 4.94. The van der Waals surface area contributed by atoms with Gasteiger partial charge < -0.3 is 10.3 Å². The highest BCUT2D eigenvalue weighted by atomic mass is 35.5. The summed E-state index contributed by atoms with van der Waals surface area (Å²) in [7, 11) is 0. The lowest BCUT2D eigenvalue weighted by atomic mass is 9.98. The molecule has 0 atom stereocenters. The molecule has 0 fully saturated rings. The Labute approximate surface area is 189 Å². The number of benzene rings is 2. The van der Waals surface area contributed by atoms with Gasteiger partial charge in [-0.25, -0.2) is 0 Å². The fraction of sp³-hybridized carbons (Fsp3) is 0.346. The second kappa shape index (κ2) is 10.2. The molecule has 4 rings (SSSR count). The van der Waals surface area contributed by atoms with E-state index in [0.29, 0.717) is 10.6 Å². The Morgan fingerprint density at radius 2 is 2.03 bits per heavy atom. The molecule has 0 bridgehead atoms. The molecule has 0 saturated carbocycles. The van der Waals surface area contributed by atoms with Crippen molar-refractivity contribution in [3.63, 3.8) is 0 Å². The van der Waals surface area contributed by atoms with Crippen LogP contribution in [0.2, 0.25) is 5.02 Å². The maximum absolute atomic E-state index is 12.6. The van der Waals surface area contributed by atoms with Gasteiger partial charge in [-0.1, -0.05) is 56.0 Å². The van der Waals surface area contributed by atoms with E-state index in [1.807, 2.05) is 30.3 Å². The summed E-state index contributed by atoms with van der Waals surface area (Å²) in [6.45, 7) is 5.56. The summed E-state index contributed by atoms with van der Waals surface area (Å²) in [6.07, 6.45) is 10.7. The molecule has 1 aromatic heterocycles. The van der Waals surface area contributed by atoms with Gasteiger partial charge in [0.25, 0.3) is 5.91 Å². The van der Waals surface area contributed by atoms with E-state index in [9.17, 15) is 4.79 Å². The maximum atomic E-state index is 12.6. The lowest BCUT2D eigenvalue weighted by molar-refractivity contribution is 0.102. The summed E-state index contributed by atoms with van der Waals surface area (Å²) in [4.78, 5) is 18.6. The van der Waals surface area contributed by atoms with Crippen LogP contribution in [0.25, 0.3) is 16.5 Å². The summed E-state index contributed by atoms with van der Waals surface area (Å²) in [5.74, 6) is -0.197. The molecule has 4 nitrogen and oxygen atoms in total. The van der Waals surface area contributed by atoms with Gasteiger partial charge in [0.1, 0.15) is 0 Å². The number of aromatic amines is 1. The number of amides is 1. The maximum Gasteiger partial charge on any atom is 0.257 e. The number of nitrogens with zero attached hydrogens (tertiary/aromatic N) is 1. The fourth-order valence-electron chi connectivity index (χ4n) is 4.23. The van der Waals surface area contributed by atoms with Crippen LogP contribution in [0, 0.1) is 0 Å². The van der Waals surface area contributed by atoms with Crippen molar-refractivity contribution in [3.8, 4) is 0 Å². The van der Waals surface area contributed by atoms with Crippen molar-refractivity contribution in [2.75, 3.05) is 25.0 Å². The number of carbonyl (C=O) groups is 1. The number of nitrogens with one attached hydrogen (secondary N) is 2. The molecule has 1 aliphatic heterocycles. The second-order valence-electron chi connectivity index (χ2n) is 8.24. The average Bonchev–Trinajstić information content (AvgIpc) is 3.21. The number of aromatic nitrogens is 1. The van der Waals surface area contributed by atoms with E-state index in [-0.39, 0.29) is 5.91 Å². The number of H-pyrrole nitrogens is 1. The topological polar surface area (TPSA) is 48.1 Å². The molecular weight excluding hydrogens is 406 g/mol. The molecule has 0 radical (unpaired) electrons. The van der Waals surface area contributed by atoms with Crippen molar-refractivity contribution in [2.24, 2.45) is 0 Å². The lowest BCUT2D eigenvalue weighted by Crippen LogP contribution is -2.29. The highest BCUT2D eigenvalue weighted by Gasteiger charge is 2.16. The minimum atomic E-state index is -0.197. The fourth-order valence-corrected chi connectivity index (χ4v) is 4.45. The zero-order valence-electron chi connectivity index (χ0n) is 18.1. The molecule has 5 heteroatoms. The van der Waals surface area contributed by atoms with Crippen LogP contribution in [-0.2, 0) is 0 Å². The minimum absolute atomic E-state index is 0.197. The highest BCUT2D eigenvalue weighted by Crippen LogP contribution is 2.31. The predicted molar refractivity (Wildman–Crippen MR) is 131 cm³/mol. The van der Waals surface area contributed by atoms with Crippen LogP contribution in [0.3, 0.4) is 0 Å². The quantitative estimate of drug-likeness (QED) is 0.385. The smallest absolute Gasteiger partial charge is 0.257 e. The number of unbranched alkanes of at least 4 members (excludes halogenated alkanes) is 3. The number of carbonyl (C=O) groups excluding carboxylic acids is 1. The average molecular weight is 436 g/mol. The van der Waals surface area contributed by atoms with Gasteiger partial charge in [0.15, 0.2) is 0 Å². The van der Waals surface area contributed by atoms with E-state index in [0.717, 1.165) is 36.1 Å². The minimum Gasteiger partial charge on any atom is -0.361 e. The van der Waals surface area contributed by atoms with Gasteiger partial charge >= 0.3 is 0 Å². The van der Waals surface area contributed by atoms with Gasteiger partial charge in [-0.3, -0.25) is 9.69 Å². The van der Waals surface area contributed by atoms with Gasteiger partial charge in [0.2, 0.25) is 0 Å². The number of hydrogen-bond donors (Lipinski definition) is 2. The van der Waals surface area contributed by atoms with Crippen LogP contribution < -0.4 is 5.32 Å². The van der Waals surface area contributed by atoms with Gasteiger partial charge in [0.05, 0.1) is 10.6 Å². The van der Waals surface area contributed by atoms with Crippen LogP contribution in [0.4, 0.5) is 5.69 Å². The predicted octanol–water partition coefficient (Wildman–Crippen LogP) is 6.74. The second-order valence-corrected chi connectivity index (χ2v) is 8.64. The summed E-state index contributed by atoms with van der Waals surface area (Å²) in [6, 6.07) is 13.1. The molecule has 162 valence electrons. The van der Waals surface area contributed by atoms with Crippen LogP contribution in [-0.4, -0.2) is 35.4 Å². The van der Waals surface area contributed by atoms with Gasteiger partial charge in [0, 0.05) is 41.4 Å². The van der Waals surface area contributed by atoms with Gasteiger partial charge in [-0.05, 0) is 55.3 Å². The van der Waals surface area contributed by atoms with Crippen molar-refractivity contribution in [1.29, 1.82) is 0 Å². The first kappa shape index (κ1) is 21.7. The zero-order chi connectivity index (χ0) is 21.6. The van der Waals surface area contributed by atoms with Crippen LogP contribution >= 0.6 is 11.6 Å². The van der Waals surface area contributed by atoms with Crippen molar-refractivity contribution in [3.05, 3.63) is 70.9 Å². The van der Waals surface area contributed by atoms with E-state index >= 15 is 0 Å². The van der Waals surface area contributed by atoms with E-state index < -0.39 is 0 Å². The third-order valence-corrected chi connectivity index (χ3v) is 6.35. The molecule has 31 heavy (non-hydrogen) atoms.